The third-order valence-electron chi connectivity index (χ3n) is 2.10. The molecule has 0 aliphatic carbocycles. The van der Waals surface area contributed by atoms with Crippen molar-refractivity contribution in [2.45, 2.75) is 11.1 Å². The zero-order valence-electron chi connectivity index (χ0n) is 9.29. The molecule has 1 N–H and O–H groups in total. The molecule has 1 rings (SSSR count). The predicted octanol–water partition coefficient (Wildman–Crippen LogP) is 2.42. The van der Waals surface area contributed by atoms with Crippen LogP contribution in [0.25, 0.3) is 0 Å². The molecule has 1 aromatic carbocycles. The molecule has 0 spiro atoms. The van der Waals surface area contributed by atoms with Crippen LogP contribution in [0.5, 0.6) is 5.75 Å². The molecule has 0 radical (unpaired) electrons. The van der Waals surface area contributed by atoms with E-state index in [9.17, 15) is 26.7 Å². The summed E-state index contributed by atoms with van der Waals surface area (Å²) in [6.45, 7) is 0. The summed E-state index contributed by atoms with van der Waals surface area (Å²) >= 11 is 2.79. The average Bonchev–Trinajstić information content (AvgIpc) is 2.18. The van der Waals surface area contributed by atoms with Gasteiger partial charge in [0.15, 0.2) is 0 Å². The third kappa shape index (κ3) is 2.78. The fourth-order valence-electron chi connectivity index (χ4n) is 1.18. The monoisotopic (exact) mass is 347 g/mol. The van der Waals surface area contributed by atoms with E-state index in [1.807, 2.05) is 0 Å². The highest BCUT2D eigenvalue weighted by Crippen LogP contribution is 2.41. The Balaban J connectivity index is 3.64. The van der Waals surface area contributed by atoms with Crippen LogP contribution in [0.2, 0.25) is 0 Å². The Morgan fingerprint density at radius 2 is 1.78 bits per heavy atom. The van der Waals surface area contributed by atoms with Crippen LogP contribution in [0.3, 0.4) is 0 Å². The van der Waals surface area contributed by atoms with Crippen molar-refractivity contribution in [2.75, 3.05) is 14.1 Å². The van der Waals surface area contributed by atoms with Gasteiger partial charge in [-0.15, -0.1) is 0 Å². The number of phenols is 1. The number of hydrogen-bond donors (Lipinski definition) is 1. The van der Waals surface area contributed by atoms with Gasteiger partial charge in [0.05, 0.1) is 5.56 Å². The molecule has 0 saturated carbocycles. The highest BCUT2D eigenvalue weighted by molar-refractivity contribution is 9.10. The van der Waals surface area contributed by atoms with E-state index in [-0.39, 0.29) is 4.47 Å². The Morgan fingerprint density at radius 3 is 2.17 bits per heavy atom. The third-order valence-corrected chi connectivity index (χ3v) is 4.39. The summed E-state index contributed by atoms with van der Waals surface area (Å²) in [5.41, 5.74) is -1.41. The van der Waals surface area contributed by atoms with E-state index >= 15 is 0 Å². The van der Waals surface area contributed by atoms with Crippen LogP contribution >= 0.6 is 15.9 Å². The van der Waals surface area contributed by atoms with Crippen molar-refractivity contribution >= 4 is 26.0 Å². The Kier molecular flexibility index (Phi) is 3.99. The highest BCUT2D eigenvalue weighted by atomic mass is 79.9. The van der Waals surface area contributed by atoms with Crippen molar-refractivity contribution in [1.29, 1.82) is 0 Å². The molecule has 0 aliphatic heterocycles. The Bertz CT molecular complexity index is 569. The van der Waals surface area contributed by atoms with Gasteiger partial charge in [0.2, 0.25) is 10.0 Å². The van der Waals surface area contributed by atoms with Gasteiger partial charge >= 0.3 is 6.18 Å². The normalized spacial score (nSPS) is 13.1. The van der Waals surface area contributed by atoms with Crippen LogP contribution < -0.4 is 0 Å². The van der Waals surface area contributed by atoms with E-state index in [1.165, 1.54) is 0 Å². The van der Waals surface area contributed by atoms with E-state index in [4.69, 9.17) is 0 Å². The van der Waals surface area contributed by atoms with Crippen molar-refractivity contribution in [3.63, 3.8) is 0 Å². The Morgan fingerprint density at radius 1 is 1.28 bits per heavy atom. The smallest absolute Gasteiger partial charge is 0.420 e. The van der Waals surface area contributed by atoms with Crippen molar-refractivity contribution in [3.8, 4) is 5.75 Å². The Hall–Kier alpha value is -0.800. The molecule has 0 saturated heterocycles. The molecule has 102 valence electrons. The van der Waals surface area contributed by atoms with Gasteiger partial charge in [-0.2, -0.15) is 13.2 Å². The number of hydrogen-bond acceptors (Lipinski definition) is 3. The first-order chi connectivity index (χ1) is 7.98. The van der Waals surface area contributed by atoms with E-state index in [0.717, 1.165) is 20.2 Å². The SMILES string of the molecule is CN(C)S(=O)(=O)c1cc(Br)cc(C(F)(F)F)c1O. The minimum absolute atomic E-state index is 0.0898. The second-order valence-corrected chi connectivity index (χ2v) is 6.62. The molecule has 0 fully saturated rings. The molecule has 0 aliphatic rings. The van der Waals surface area contributed by atoms with Crippen molar-refractivity contribution in [3.05, 3.63) is 22.2 Å². The first kappa shape index (κ1) is 15.3. The van der Waals surface area contributed by atoms with E-state index in [1.54, 1.807) is 0 Å². The molecule has 0 aromatic heterocycles. The second-order valence-electron chi connectivity index (χ2n) is 3.59. The van der Waals surface area contributed by atoms with Gasteiger partial charge < -0.3 is 5.11 Å². The van der Waals surface area contributed by atoms with Crippen molar-refractivity contribution in [1.82, 2.24) is 4.31 Å². The fourth-order valence-corrected chi connectivity index (χ4v) is 2.82. The van der Waals surface area contributed by atoms with Crippen LogP contribution in [0, 0.1) is 0 Å². The lowest BCUT2D eigenvalue weighted by atomic mass is 10.2. The maximum Gasteiger partial charge on any atom is 0.420 e. The van der Waals surface area contributed by atoms with Crippen LogP contribution in [0.15, 0.2) is 21.5 Å². The lowest BCUT2D eigenvalue weighted by molar-refractivity contribution is -0.139. The molecule has 0 amide bonds. The highest BCUT2D eigenvalue weighted by Gasteiger charge is 2.37. The number of benzene rings is 1. The number of rotatable bonds is 2. The first-order valence-electron chi connectivity index (χ1n) is 4.50. The van der Waals surface area contributed by atoms with E-state index in [0.29, 0.717) is 10.4 Å². The van der Waals surface area contributed by atoms with E-state index in [2.05, 4.69) is 15.9 Å². The number of halogens is 4. The summed E-state index contributed by atoms with van der Waals surface area (Å²) in [4.78, 5) is -0.797. The molecule has 0 heterocycles. The number of alkyl halides is 3. The van der Waals surface area contributed by atoms with Crippen LogP contribution in [-0.2, 0) is 16.2 Å². The van der Waals surface area contributed by atoms with E-state index < -0.39 is 32.4 Å². The van der Waals surface area contributed by atoms with Crippen LogP contribution in [0.1, 0.15) is 5.56 Å². The number of sulfonamides is 1. The predicted molar refractivity (Wildman–Crippen MR) is 61.7 cm³/mol. The molecule has 0 atom stereocenters. The summed E-state index contributed by atoms with van der Waals surface area (Å²) in [6.07, 6.45) is -4.84. The molecule has 18 heavy (non-hydrogen) atoms. The van der Waals surface area contributed by atoms with Crippen LogP contribution in [0.4, 0.5) is 13.2 Å². The maximum atomic E-state index is 12.6. The summed E-state index contributed by atoms with van der Waals surface area (Å²) in [5, 5.41) is 9.49. The lowest BCUT2D eigenvalue weighted by Crippen LogP contribution is -2.23. The fraction of sp³-hybridized carbons (Fsp3) is 0.333. The topological polar surface area (TPSA) is 57.6 Å². The molecule has 1 aromatic rings. The number of aromatic hydroxyl groups is 1. The summed E-state index contributed by atoms with van der Waals surface area (Å²) in [7, 11) is -1.85. The van der Waals surface area contributed by atoms with Gasteiger partial charge in [-0.3, -0.25) is 0 Å². The van der Waals surface area contributed by atoms with Gasteiger partial charge in [0.25, 0.3) is 0 Å². The summed E-state index contributed by atoms with van der Waals surface area (Å²) in [6, 6.07) is 1.53. The summed E-state index contributed by atoms with van der Waals surface area (Å²) < 4.78 is 62.0. The van der Waals surface area contributed by atoms with Crippen LogP contribution in [-0.4, -0.2) is 31.9 Å². The lowest BCUT2D eigenvalue weighted by Gasteiger charge is -2.16. The zero-order valence-corrected chi connectivity index (χ0v) is 11.7. The Labute approximate surface area is 110 Å². The maximum absolute atomic E-state index is 12.6. The first-order valence-corrected chi connectivity index (χ1v) is 6.73. The second kappa shape index (κ2) is 4.71. The quantitative estimate of drug-likeness (QED) is 0.893. The number of phenolic OH excluding ortho intramolecular Hbond substituents is 1. The van der Waals surface area contributed by atoms with Gasteiger partial charge in [-0.25, -0.2) is 12.7 Å². The van der Waals surface area contributed by atoms with Gasteiger partial charge in [-0.05, 0) is 12.1 Å². The van der Waals surface area contributed by atoms with Gasteiger partial charge in [0, 0.05) is 18.6 Å². The molecule has 4 nitrogen and oxygen atoms in total. The molecular weight excluding hydrogens is 339 g/mol. The largest absolute Gasteiger partial charge is 0.506 e. The molecule has 9 heteroatoms. The standard InChI is InChI=1S/C9H9BrF3NO3S/c1-14(2)18(16,17)7-4-5(10)3-6(8(7)15)9(11,12)13/h3-4,15H,1-2H3. The van der Waals surface area contributed by atoms with Crippen molar-refractivity contribution in [2.24, 2.45) is 0 Å². The average molecular weight is 348 g/mol. The summed E-state index contributed by atoms with van der Waals surface area (Å²) in [5.74, 6) is -1.31. The van der Waals surface area contributed by atoms with Crippen molar-refractivity contribution < 1.29 is 26.7 Å². The van der Waals surface area contributed by atoms with Gasteiger partial charge in [0.1, 0.15) is 10.6 Å². The zero-order chi connectivity index (χ0) is 14.3. The van der Waals surface area contributed by atoms with Gasteiger partial charge in [-0.1, -0.05) is 15.9 Å². The molecule has 0 bridgehead atoms. The molecule has 0 unspecified atom stereocenters. The minimum atomic E-state index is -4.84. The molecular formula is C9H9BrF3NO3S. The number of nitrogens with zero attached hydrogens (tertiary/aromatic N) is 1. The minimum Gasteiger partial charge on any atom is -0.506 e.